The summed E-state index contributed by atoms with van der Waals surface area (Å²) in [5.74, 6) is -0.593. The summed E-state index contributed by atoms with van der Waals surface area (Å²) >= 11 is 0. The number of anilines is 1. The van der Waals surface area contributed by atoms with E-state index in [1.54, 1.807) is 13.8 Å². The molecule has 0 aliphatic carbocycles. The summed E-state index contributed by atoms with van der Waals surface area (Å²) in [6.07, 6.45) is 1.39. The summed E-state index contributed by atoms with van der Waals surface area (Å²) in [5, 5.41) is 16.4. The van der Waals surface area contributed by atoms with Gasteiger partial charge in [0.25, 0.3) is 0 Å². The Balaban J connectivity index is 2.74. The van der Waals surface area contributed by atoms with Crippen molar-refractivity contribution in [3.8, 4) is 0 Å². The normalized spacial score (nSPS) is 11.5. The van der Waals surface area contributed by atoms with E-state index in [2.05, 4.69) is 10.2 Å². The van der Waals surface area contributed by atoms with E-state index in [9.17, 15) is 4.79 Å². The molecule has 6 nitrogen and oxygen atoms in total. The second-order valence-electron chi connectivity index (χ2n) is 3.49. The molecule has 0 atom stereocenters. The Morgan fingerprint density at radius 2 is 2.38 bits per heavy atom. The highest BCUT2D eigenvalue weighted by molar-refractivity contribution is 5.73. The minimum atomic E-state index is -0.886. The van der Waals surface area contributed by atoms with E-state index >= 15 is 0 Å². The largest absolute Gasteiger partial charge is 0.481 e. The molecule has 1 aromatic rings. The van der Waals surface area contributed by atoms with E-state index < -0.39 is 11.4 Å². The van der Waals surface area contributed by atoms with Gasteiger partial charge in [-0.3, -0.25) is 4.79 Å². The van der Waals surface area contributed by atoms with Crippen LogP contribution in [-0.4, -0.2) is 26.1 Å². The third-order valence-electron chi connectivity index (χ3n) is 1.67. The van der Waals surface area contributed by atoms with Gasteiger partial charge in [-0.2, -0.15) is 9.90 Å². The second kappa shape index (κ2) is 3.04. The molecule has 0 amide bonds. The molecule has 1 rings (SSSR count). The van der Waals surface area contributed by atoms with Crippen LogP contribution in [0.3, 0.4) is 0 Å². The first-order valence-corrected chi connectivity index (χ1v) is 3.81. The maximum atomic E-state index is 10.7. The van der Waals surface area contributed by atoms with Crippen molar-refractivity contribution in [3.05, 3.63) is 6.20 Å². The molecule has 0 aromatic carbocycles. The first-order chi connectivity index (χ1) is 5.92. The minimum absolute atomic E-state index is 0.208. The molecule has 0 saturated carbocycles. The van der Waals surface area contributed by atoms with Crippen molar-refractivity contribution < 1.29 is 9.90 Å². The number of carboxylic acid groups (broad SMARTS) is 1. The SMILES string of the molecule is CC(C)(Cn1ncc(N)n1)C(=O)O. The average Bonchev–Trinajstić information content (AvgIpc) is 2.34. The van der Waals surface area contributed by atoms with E-state index in [1.807, 2.05) is 0 Å². The van der Waals surface area contributed by atoms with Gasteiger partial charge in [-0.1, -0.05) is 0 Å². The van der Waals surface area contributed by atoms with Gasteiger partial charge in [-0.15, -0.1) is 5.10 Å². The lowest BCUT2D eigenvalue weighted by atomic mass is 9.94. The molecule has 0 saturated heterocycles. The van der Waals surface area contributed by atoms with Crippen LogP contribution in [0.25, 0.3) is 0 Å². The van der Waals surface area contributed by atoms with Gasteiger partial charge in [0, 0.05) is 0 Å². The quantitative estimate of drug-likeness (QED) is 0.688. The second-order valence-corrected chi connectivity index (χ2v) is 3.49. The maximum Gasteiger partial charge on any atom is 0.311 e. The van der Waals surface area contributed by atoms with E-state index in [1.165, 1.54) is 11.0 Å². The molecule has 13 heavy (non-hydrogen) atoms. The highest BCUT2D eigenvalue weighted by Crippen LogP contribution is 2.17. The zero-order valence-electron chi connectivity index (χ0n) is 7.56. The monoisotopic (exact) mass is 184 g/mol. The molecule has 1 heterocycles. The van der Waals surface area contributed by atoms with Gasteiger partial charge in [0.05, 0.1) is 18.2 Å². The lowest BCUT2D eigenvalue weighted by molar-refractivity contribution is -0.147. The van der Waals surface area contributed by atoms with E-state index in [0.717, 1.165) is 0 Å². The molecule has 0 fully saturated rings. The van der Waals surface area contributed by atoms with Crippen molar-refractivity contribution in [2.75, 3.05) is 5.73 Å². The fourth-order valence-corrected chi connectivity index (χ4v) is 0.808. The molecule has 0 aliphatic rings. The number of nitrogen functional groups attached to an aromatic ring is 1. The number of aliphatic carboxylic acids is 1. The van der Waals surface area contributed by atoms with Gasteiger partial charge in [0.15, 0.2) is 5.82 Å². The molecule has 0 bridgehead atoms. The first kappa shape index (κ1) is 9.50. The lowest BCUT2D eigenvalue weighted by Gasteiger charge is -2.17. The fraction of sp³-hybridized carbons (Fsp3) is 0.571. The number of carbonyl (C=O) groups is 1. The molecule has 1 aromatic heterocycles. The molecule has 0 radical (unpaired) electrons. The molecule has 3 N–H and O–H groups in total. The fourth-order valence-electron chi connectivity index (χ4n) is 0.808. The van der Waals surface area contributed by atoms with Crippen molar-refractivity contribution in [2.45, 2.75) is 20.4 Å². The smallest absolute Gasteiger partial charge is 0.311 e. The van der Waals surface area contributed by atoms with Gasteiger partial charge < -0.3 is 10.8 Å². The Kier molecular flexibility index (Phi) is 2.22. The third-order valence-corrected chi connectivity index (χ3v) is 1.67. The summed E-state index contributed by atoms with van der Waals surface area (Å²) in [7, 11) is 0. The van der Waals surface area contributed by atoms with Crippen LogP contribution < -0.4 is 5.73 Å². The lowest BCUT2D eigenvalue weighted by Crippen LogP contribution is -2.30. The Labute approximate surface area is 75.3 Å². The number of nitrogens with two attached hydrogens (primary N) is 1. The number of carboxylic acids is 1. The van der Waals surface area contributed by atoms with Gasteiger partial charge in [0.2, 0.25) is 0 Å². The Morgan fingerprint density at radius 3 is 2.77 bits per heavy atom. The summed E-state index contributed by atoms with van der Waals surface area (Å²) in [5.41, 5.74) is 4.45. The Morgan fingerprint density at radius 1 is 1.77 bits per heavy atom. The van der Waals surface area contributed by atoms with Crippen LogP contribution in [0.15, 0.2) is 6.20 Å². The highest BCUT2D eigenvalue weighted by atomic mass is 16.4. The first-order valence-electron chi connectivity index (χ1n) is 3.81. The molecular formula is C7H12N4O2. The van der Waals surface area contributed by atoms with Crippen LogP contribution in [0.4, 0.5) is 5.82 Å². The maximum absolute atomic E-state index is 10.7. The van der Waals surface area contributed by atoms with Crippen molar-refractivity contribution in [1.29, 1.82) is 0 Å². The van der Waals surface area contributed by atoms with Crippen molar-refractivity contribution in [1.82, 2.24) is 15.0 Å². The molecular weight excluding hydrogens is 172 g/mol. The number of nitrogens with zero attached hydrogens (tertiary/aromatic N) is 3. The van der Waals surface area contributed by atoms with Crippen molar-refractivity contribution in [3.63, 3.8) is 0 Å². The van der Waals surface area contributed by atoms with Crippen LogP contribution >= 0.6 is 0 Å². The van der Waals surface area contributed by atoms with Gasteiger partial charge in [0.1, 0.15) is 0 Å². The average molecular weight is 184 g/mol. The minimum Gasteiger partial charge on any atom is -0.481 e. The van der Waals surface area contributed by atoms with Crippen LogP contribution in [0.2, 0.25) is 0 Å². The number of hydrogen-bond acceptors (Lipinski definition) is 4. The van der Waals surface area contributed by atoms with Gasteiger partial charge >= 0.3 is 5.97 Å². The molecule has 0 spiro atoms. The van der Waals surface area contributed by atoms with E-state index in [4.69, 9.17) is 10.8 Å². The topological polar surface area (TPSA) is 94.0 Å². The highest BCUT2D eigenvalue weighted by Gasteiger charge is 2.28. The van der Waals surface area contributed by atoms with Crippen LogP contribution in [0.1, 0.15) is 13.8 Å². The Bertz CT molecular complexity index is 318. The summed E-state index contributed by atoms with van der Waals surface area (Å²) in [4.78, 5) is 12.0. The molecule has 0 aliphatic heterocycles. The van der Waals surface area contributed by atoms with Crippen LogP contribution in [0.5, 0.6) is 0 Å². The predicted octanol–water partition coefficient (Wildman–Crippen LogP) is -0.0289. The summed E-state index contributed by atoms with van der Waals surface area (Å²) in [6, 6.07) is 0. The van der Waals surface area contributed by atoms with Gasteiger partial charge in [-0.05, 0) is 13.8 Å². The van der Waals surface area contributed by atoms with E-state index in [-0.39, 0.29) is 6.54 Å². The van der Waals surface area contributed by atoms with Crippen molar-refractivity contribution >= 4 is 11.8 Å². The summed E-state index contributed by atoms with van der Waals surface area (Å²) in [6.45, 7) is 3.42. The third kappa shape index (κ3) is 2.17. The molecule has 6 heteroatoms. The zero-order valence-corrected chi connectivity index (χ0v) is 7.56. The standard InChI is InChI=1S/C7H12N4O2/c1-7(2,6(12)13)4-11-9-3-5(8)10-11/h3H,4H2,1-2H3,(H2,8,10)(H,12,13). The molecule has 72 valence electrons. The predicted molar refractivity (Wildman–Crippen MR) is 45.9 cm³/mol. The van der Waals surface area contributed by atoms with E-state index in [0.29, 0.717) is 5.82 Å². The summed E-state index contributed by atoms with van der Waals surface area (Å²) < 4.78 is 0. The number of aromatic nitrogens is 3. The number of rotatable bonds is 3. The van der Waals surface area contributed by atoms with Crippen LogP contribution in [0, 0.1) is 5.41 Å². The van der Waals surface area contributed by atoms with Crippen molar-refractivity contribution in [2.24, 2.45) is 5.41 Å². The zero-order chi connectivity index (χ0) is 10.1. The Hall–Kier alpha value is -1.59. The number of hydrogen-bond donors (Lipinski definition) is 2. The van der Waals surface area contributed by atoms with Gasteiger partial charge in [-0.25, -0.2) is 0 Å². The van der Waals surface area contributed by atoms with Crippen LogP contribution in [-0.2, 0) is 11.3 Å². The molecule has 0 unspecified atom stereocenters.